The molecule has 0 N–H and O–H groups in total. The summed E-state index contributed by atoms with van der Waals surface area (Å²) in [5.74, 6) is 0.0164. The number of hydrogen-bond donors (Lipinski definition) is 0. The average Bonchev–Trinajstić information content (AvgIpc) is 3.09. The van der Waals surface area contributed by atoms with Crippen molar-refractivity contribution < 1.29 is 9.59 Å². The molecule has 140 valence electrons. The topological polar surface area (TPSA) is 40.6 Å². The first-order valence-corrected chi connectivity index (χ1v) is 10.2. The highest BCUT2D eigenvalue weighted by molar-refractivity contribution is 8.02. The number of anilines is 1. The molecule has 0 saturated carbocycles. The van der Waals surface area contributed by atoms with E-state index in [0.717, 1.165) is 16.8 Å². The van der Waals surface area contributed by atoms with Crippen molar-refractivity contribution in [3.8, 4) is 0 Å². The molecule has 27 heavy (non-hydrogen) atoms. The summed E-state index contributed by atoms with van der Waals surface area (Å²) < 4.78 is -0.184. The maximum absolute atomic E-state index is 13.8. The molecule has 1 spiro atoms. The summed E-state index contributed by atoms with van der Waals surface area (Å²) in [5.41, 5.74) is 2.92. The monoisotopic (exact) mass is 380 g/mol. The van der Waals surface area contributed by atoms with Gasteiger partial charge in [0, 0.05) is 23.3 Å². The maximum atomic E-state index is 13.8. The number of benzene rings is 2. The van der Waals surface area contributed by atoms with Gasteiger partial charge in [-0.1, -0.05) is 55.5 Å². The molecule has 1 fully saturated rings. The Balaban J connectivity index is 1.84. The zero-order valence-corrected chi connectivity index (χ0v) is 16.8. The van der Waals surface area contributed by atoms with Gasteiger partial charge in [-0.25, -0.2) is 0 Å². The Kier molecular flexibility index (Phi) is 4.30. The van der Waals surface area contributed by atoms with Gasteiger partial charge in [0.25, 0.3) is 5.91 Å². The van der Waals surface area contributed by atoms with Crippen molar-refractivity contribution in [1.82, 2.24) is 4.90 Å². The molecule has 2 heterocycles. The second-order valence-electron chi connectivity index (χ2n) is 7.73. The molecule has 5 heteroatoms. The van der Waals surface area contributed by atoms with Gasteiger partial charge in [0.2, 0.25) is 5.91 Å². The fourth-order valence-electron chi connectivity index (χ4n) is 4.12. The third kappa shape index (κ3) is 2.76. The van der Waals surface area contributed by atoms with Crippen LogP contribution in [0.15, 0.2) is 54.6 Å². The summed E-state index contributed by atoms with van der Waals surface area (Å²) >= 11 is 1.61. The van der Waals surface area contributed by atoms with E-state index in [2.05, 4.69) is 13.8 Å². The molecule has 2 aromatic carbocycles. The van der Waals surface area contributed by atoms with Crippen LogP contribution in [-0.4, -0.2) is 28.0 Å². The summed E-state index contributed by atoms with van der Waals surface area (Å²) in [4.78, 5) is 29.3. The van der Waals surface area contributed by atoms with Gasteiger partial charge < -0.3 is 9.80 Å². The highest BCUT2D eigenvalue weighted by atomic mass is 32.2. The second kappa shape index (κ2) is 6.41. The minimum Gasteiger partial charge on any atom is -0.314 e. The molecule has 2 aromatic rings. The Bertz CT molecular complexity index is 896. The van der Waals surface area contributed by atoms with Gasteiger partial charge in [0.15, 0.2) is 4.87 Å². The van der Waals surface area contributed by atoms with Crippen LogP contribution in [0, 0.1) is 0 Å². The highest BCUT2D eigenvalue weighted by Crippen LogP contribution is 2.59. The van der Waals surface area contributed by atoms with E-state index in [-0.39, 0.29) is 16.6 Å². The number of thioether (sulfide) groups is 1. The SMILES string of the molecule is CCC(=O)N1CC(C)(C)S[C@]12C(=O)N(Cc1ccccc1)c1ccccc12. The van der Waals surface area contributed by atoms with Crippen LogP contribution in [-0.2, 0) is 21.0 Å². The van der Waals surface area contributed by atoms with Crippen molar-refractivity contribution in [2.24, 2.45) is 0 Å². The van der Waals surface area contributed by atoms with E-state index in [1.807, 2.05) is 71.3 Å². The Hall–Kier alpha value is -2.27. The average molecular weight is 381 g/mol. The van der Waals surface area contributed by atoms with Crippen molar-refractivity contribution in [3.63, 3.8) is 0 Å². The molecule has 0 unspecified atom stereocenters. The van der Waals surface area contributed by atoms with E-state index in [9.17, 15) is 9.59 Å². The zero-order chi connectivity index (χ0) is 19.2. The predicted molar refractivity (Wildman–Crippen MR) is 109 cm³/mol. The molecule has 4 nitrogen and oxygen atoms in total. The fraction of sp³-hybridized carbons (Fsp3) is 0.364. The van der Waals surface area contributed by atoms with E-state index in [1.165, 1.54) is 0 Å². The third-order valence-corrected chi connectivity index (χ3v) is 6.82. The lowest BCUT2D eigenvalue weighted by Gasteiger charge is -2.33. The number of para-hydroxylation sites is 1. The molecule has 0 aliphatic carbocycles. The zero-order valence-electron chi connectivity index (χ0n) is 15.9. The summed E-state index contributed by atoms with van der Waals surface area (Å²) in [6.07, 6.45) is 0.395. The van der Waals surface area contributed by atoms with E-state index >= 15 is 0 Å². The number of carbonyl (C=O) groups is 2. The molecule has 1 saturated heterocycles. The van der Waals surface area contributed by atoms with E-state index in [4.69, 9.17) is 0 Å². The van der Waals surface area contributed by atoms with Crippen LogP contribution in [0.5, 0.6) is 0 Å². The predicted octanol–water partition coefficient (Wildman–Crippen LogP) is 4.15. The standard InChI is InChI=1S/C22H24N2O2S/c1-4-19(25)24-15-21(2,3)27-22(24)17-12-8-9-13-18(17)23(20(22)26)14-16-10-6-5-7-11-16/h5-13H,4,14-15H2,1-3H3/t22-/m1/s1. The van der Waals surface area contributed by atoms with Gasteiger partial charge >= 0.3 is 0 Å². The van der Waals surface area contributed by atoms with Crippen molar-refractivity contribution >= 4 is 29.3 Å². The van der Waals surface area contributed by atoms with E-state index in [0.29, 0.717) is 19.5 Å². The Morgan fingerprint density at radius 3 is 2.44 bits per heavy atom. The van der Waals surface area contributed by atoms with Crippen molar-refractivity contribution in [2.75, 3.05) is 11.4 Å². The Morgan fingerprint density at radius 2 is 1.74 bits per heavy atom. The molecular formula is C22H24N2O2S. The van der Waals surface area contributed by atoms with E-state index < -0.39 is 4.87 Å². The summed E-state index contributed by atoms with van der Waals surface area (Å²) in [7, 11) is 0. The molecule has 0 aromatic heterocycles. The minimum absolute atomic E-state index is 0.00933. The van der Waals surface area contributed by atoms with Gasteiger partial charge in [-0.2, -0.15) is 0 Å². The lowest BCUT2D eigenvalue weighted by molar-refractivity contribution is -0.140. The first kappa shape index (κ1) is 18.1. The first-order chi connectivity index (χ1) is 12.9. The molecule has 0 bridgehead atoms. The molecule has 2 aliphatic rings. The normalized spacial score (nSPS) is 23.1. The van der Waals surface area contributed by atoms with Crippen molar-refractivity contribution in [3.05, 3.63) is 65.7 Å². The number of rotatable bonds is 3. The van der Waals surface area contributed by atoms with Gasteiger partial charge in [-0.15, -0.1) is 11.8 Å². The molecule has 0 radical (unpaired) electrons. The minimum atomic E-state index is -0.956. The summed E-state index contributed by atoms with van der Waals surface area (Å²) in [5, 5.41) is 0. The third-order valence-electron chi connectivity index (χ3n) is 5.22. The number of carbonyl (C=O) groups excluding carboxylic acids is 2. The second-order valence-corrected chi connectivity index (χ2v) is 9.63. The number of fused-ring (bicyclic) bond motifs is 2. The molecule has 4 rings (SSSR count). The number of amides is 2. The maximum Gasteiger partial charge on any atom is 0.268 e. The van der Waals surface area contributed by atoms with Crippen LogP contribution in [0.2, 0.25) is 0 Å². The van der Waals surface area contributed by atoms with Crippen LogP contribution >= 0.6 is 11.8 Å². The molecule has 2 amide bonds. The molecule has 2 aliphatic heterocycles. The Labute approximate surface area is 164 Å². The van der Waals surface area contributed by atoms with Gasteiger partial charge in [0.1, 0.15) is 0 Å². The van der Waals surface area contributed by atoms with Crippen LogP contribution in [0.25, 0.3) is 0 Å². The largest absolute Gasteiger partial charge is 0.314 e. The molecular weight excluding hydrogens is 356 g/mol. The van der Waals surface area contributed by atoms with Crippen LogP contribution in [0.1, 0.15) is 38.3 Å². The van der Waals surface area contributed by atoms with Gasteiger partial charge in [0.05, 0.1) is 12.2 Å². The van der Waals surface area contributed by atoms with Crippen LogP contribution in [0.3, 0.4) is 0 Å². The van der Waals surface area contributed by atoms with Crippen molar-refractivity contribution in [1.29, 1.82) is 0 Å². The quantitative estimate of drug-likeness (QED) is 0.803. The lowest BCUT2D eigenvalue weighted by atomic mass is 10.0. The lowest BCUT2D eigenvalue weighted by Crippen LogP contribution is -2.50. The summed E-state index contributed by atoms with van der Waals surface area (Å²) in [6.45, 7) is 7.16. The van der Waals surface area contributed by atoms with Gasteiger partial charge in [-0.3, -0.25) is 9.59 Å². The smallest absolute Gasteiger partial charge is 0.268 e. The Morgan fingerprint density at radius 1 is 1.07 bits per heavy atom. The van der Waals surface area contributed by atoms with Gasteiger partial charge in [-0.05, 0) is 25.5 Å². The number of nitrogens with zero attached hydrogens (tertiary/aromatic N) is 2. The van der Waals surface area contributed by atoms with Crippen LogP contribution in [0.4, 0.5) is 5.69 Å². The first-order valence-electron chi connectivity index (χ1n) is 9.35. The fourth-order valence-corrected chi connectivity index (χ4v) is 5.87. The van der Waals surface area contributed by atoms with E-state index in [1.54, 1.807) is 11.8 Å². The van der Waals surface area contributed by atoms with Crippen LogP contribution < -0.4 is 4.90 Å². The summed E-state index contributed by atoms with van der Waals surface area (Å²) in [6, 6.07) is 17.9. The number of hydrogen-bond acceptors (Lipinski definition) is 3. The highest BCUT2D eigenvalue weighted by Gasteiger charge is 2.63. The van der Waals surface area contributed by atoms with Crippen molar-refractivity contribution in [2.45, 2.75) is 43.4 Å². The molecule has 1 atom stereocenters.